The van der Waals surface area contributed by atoms with E-state index in [2.05, 4.69) is 0 Å². The van der Waals surface area contributed by atoms with Gasteiger partial charge in [-0.2, -0.15) is 0 Å². The van der Waals surface area contributed by atoms with Crippen LogP contribution in [0.4, 0.5) is 17.6 Å². The molecule has 9 heteroatoms. The predicted octanol–water partition coefficient (Wildman–Crippen LogP) is 3.66. The maximum Gasteiger partial charge on any atom is 0.268 e. The van der Waals surface area contributed by atoms with Gasteiger partial charge in [-0.05, 0) is 24.3 Å². The number of Topliss-reactive ketones (excluding diaryl/α,β-unsaturated/α-hetero) is 1. The number of halogens is 4. The summed E-state index contributed by atoms with van der Waals surface area (Å²) in [6, 6.07) is 4.35. The van der Waals surface area contributed by atoms with Crippen molar-refractivity contribution in [3.8, 4) is 11.5 Å². The van der Waals surface area contributed by atoms with E-state index in [-0.39, 0.29) is 5.75 Å². The summed E-state index contributed by atoms with van der Waals surface area (Å²) in [5.41, 5.74) is -1.51. The molecule has 0 saturated carbocycles. The minimum Gasteiger partial charge on any atom is -0.457 e. The normalized spacial score (nSPS) is 15.6. The lowest BCUT2D eigenvalue weighted by atomic mass is 10.0. The number of ether oxygens (including phenoxy) is 1. The summed E-state index contributed by atoms with van der Waals surface area (Å²) in [5, 5.41) is 0. The number of rotatable bonds is 3. The van der Waals surface area contributed by atoms with E-state index in [0.29, 0.717) is 6.07 Å². The third kappa shape index (κ3) is 2.64. The molecule has 0 aliphatic carbocycles. The Balaban J connectivity index is 2.14. The van der Waals surface area contributed by atoms with Gasteiger partial charge in [-0.1, -0.05) is 0 Å². The Hall–Kier alpha value is -2.42. The number of hydrogen-bond donors (Lipinski definition) is 0. The molecule has 0 atom stereocenters. The van der Waals surface area contributed by atoms with Crippen molar-refractivity contribution >= 4 is 15.6 Å². The number of benzene rings is 2. The van der Waals surface area contributed by atoms with Crippen LogP contribution in [0.15, 0.2) is 35.2 Å². The van der Waals surface area contributed by atoms with Crippen molar-refractivity contribution < 1.29 is 35.5 Å². The molecular weight excluding hydrogens is 352 g/mol. The first kappa shape index (κ1) is 16.4. The number of carbonyl (C=O) groups excluding carboxylic acids is 1. The van der Waals surface area contributed by atoms with Crippen LogP contribution < -0.4 is 4.74 Å². The van der Waals surface area contributed by atoms with Crippen LogP contribution in [0.3, 0.4) is 0 Å². The Morgan fingerprint density at radius 3 is 2.38 bits per heavy atom. The molecule has 0 aromatic heterocycles. The number of hydrogen-bond acceptors (Lipinski definition) is 4. The van der Waals surface area contributed by atoms with Crippen LogP contribution >= 0.6 is 0 Å². The molecule has 0 radical (unpaired) electrons. The van der Waals surface area contributed by atoms with Crippen molar-refractivity contribution in [3.05, 3.63) is 53.1 Å². The molecule has 0 unspecified atom stereocenters. The highest BCUT2D eigenvalue weighted by Gasteiger charge is 2.39. The lowest BCUT2D eigenvalue weighted by molar-refractivity contribution is 0.100. The van der Waals surface area contributed by atoms with Gasteiger partial charge in [-0.15, -0.1) is 0 Å². The van der Waals surface area contributed by atoms with Gasteiger partial charge >= 0.3 is 0 Å². The fourth-order valence-corrected chi connectivity index (χ4v) is 3.88. The zero-order chi connectivity index (χ0) is 17.6. The Bertz CT molecular complexity index is 954. The summed E-state index contributed by atoms with van der Waals surface area (Å²) >= 11 is 0. The van der Waals surface area contributed by atoms with Crippen LogP contribution in [0.2, 0.25) is 0 Å². The summed E-state index contributed by atoms with van der Waals surface area (Å²) in [5.74, 6) is -5.02. The number of fused-ring (bicyclic) bond motifs is 1. The maximum atomic E-state index is 13.4. The van der Waals surface area contributed by atoms with E-state index >= 15 is 0 Å². The molecule has 2 aromatic rings. The van der Waals surface area contributed by atoms with Crippen molar-refractivity contribution in [1.29, 1.82) is 0 Å². The fourth-order valence-electron chi connectivity index (χ4n) is 2.42. The van der Waals surface area contributed by atoms with Crippen molar-refractivity contribution in [2.24, 2.45) is 0 Å². The van der Waals surface area contributed by atoms with Gasteiger partial charge in [0.25, 0.3) is 6.43 Å². The first-order valence-corrected chi connectivity index (χ1v) is 8.20. The molecule has 0 fully saturated rings. The van der Waals surface area contributed by atoms with Gasteiger partial charge in [0, 0.05) is 11.6 Å². The molecule has 1 aliphatic rings. The molecule has 24 heavy (non-hydrogen) atoms. The first-order valence-electron chi connectivity index (χ1n) is 6.54. The number of ketones is 1. The summed E-state index contributed by atoms with van der Waals surface area (Å²) in [4.78, 5) is 11.3. The largest absolute Gasteiger partial charge is 0.457 e. The van der Waals surface area contributed by atoms with Gasteiger partial charge in [0.2, 0.25) is 0 Å². The van der Waals surface area contributed by atoms with E-state index in [4.69, 9.17) is 4.74 Å². The predicted molar refractivity (Wildman–Crippen MR) is 74.2 cm³/mol. The van der Waals surface area contributed by atoms with Crippen molar-refractivity contribution in [2.45, 2.75) is 11.3 Å². The molecule has 1 heterocycles. The van der Waals surface area contributed by atoms with Crippen LogP contribution in [0.1, 0.15) is 22.3 Å². The Kier molecular flexibility index (Phi) is 3.83. The zero-order valence-corrected chi connectivity index (χ0v) is 12.5. The second-order valence-electron chi connectivity index (χ2n) is 5.01. The Labute approximate surface area is 133 Å². The second kappa shape index (κ2) is 5.59. The van der Waals surface area contributed by atoms with Crippen LogP contribution in [0.25, 0.3) is 0 Å². The molecule has 126 valence electrons. The third-order valence-electron chi connectivity index (χ3n) is 3.44. The molecule has 0 saturated heterocycles. The Morgan fingerprint density at radius 1 is 1.04 bits per heavy atom. The van der Waals surface area contributed by atoms with Crippen LogP contribution in [-0.4, -0.2) is 20.0 Å². The van der Waals surface area contributed by atoms with Gasteiger partial charge in [-0.3, -0.25) is 4.79 Å². The van der Waals surface area contributed by atoms with E-state index in [1.54, 1.807) is 0 Å². The van der Waals surface area contributed by atoms with E-state index in [9.17, 15) is 30.8 Å². The SMILES string of the molecule is O=C1CS(=O)(=O)c2ccc(Oc3ccc(F)c(F)c3)c(C(F)F)c21. The maximum absolute atomic E-state index is 13.4. The van der Waals surface area contributed by atoms with Gasteiger partial charge in [0.1, 0.15) is 17.3 Å². The number of carbonyl (C=O) groups is 1. The van der Waals surface area contributed by atoms with Crippen LogP contribution in [0, 0.1) is 11.6 Å². The lowest BCUT2D eigenvalue weighted by Gasteiger charge is -2.13. The average molecular weight is 360 g/mol. The standard InChI is InChI=1S/C15H8F4O4S/c16-8-2-1-7(5-9(8)17)23-11-3-4-12-13(14(11)15(18)19)10(20)6-24(12,21)22/h1-5,15H,6H2. The topological polar surface area (TPSA) is 60.4 Å². The average Bonchev–Trinajstić information content (AvgIpc) is 2.72. The fraction of sp³-hybridized carbons (Fsp3) is 0.133. The minimum atomic E-state index is -3.96. The summed E-state index contributed by atoms with van der Waals surface area (Å²) in [6.45, 7) is 0. The molecule has 0 spiro atoms. The molecule has 4 nitrogen and oxygen atoms in total. The molecule has 0 bridgehead atoms. The summed E-state index contributed by atoms with van der Waals surface area (Å²) < 4.78 is 81.6. The summed E-state index contributed by atoms with van der Waals surface area (Å²) in [6.07, 6.45) is -3.20. The third-order valence-corrected chi connectivity index (χ3v) is 5.09. The molecule has 3 rings (SSSR count). The van der Waals surface area contributed by atoms with E-state index in [0.717, 1.165) is 24.3 Å². The highest BCUT2D eigenvalue weighted by molar-refractivity contribution is 7.92. The van der Waals surface area contributed by atoms with E-state index in [1.807, 2.05) is 0 Å². The monoisotopic (exact) mass is 360 g/mol. The summed E-state index contributed by atoms with van der Waals surface area (Å²) in [7, 11) is -3.96. The molecule has 0 amide bonds. The molecular formula is C15H8F4O4S. The smallest absolute Gasteiger partial charge is 0.268 e. The van der Waals surface area contributed by atoms with E-state index in [1.165, 1.54) is 0 Å². The van der Waals surface area contributed by atoms with Crippen LogP contribution in [0.5, 0.6) is 11.5 Å². The zero-order valence-electron chi connectivity index (χ0n) is 11.7. The first-order chi connectivity index (χ1) is 11.2. The van der Waals surface area contributed by atoms with Crippen molar-refractivity contribution in [3.63, 3.8) is 0 Å². The van der Waals surface area contributed by atoms with Crippen LogP contribution in [-0.2, 0) is 9.84 Å². The lowest BCUT2D eigenvalue weighted by Crippen LogP contribution is -2.05. The molecule has 2 aromatic carbocycles. The number of alkyl halides is 2. The highest BCUT2D eigenvalue weighted by Crippen LogP contribution is 2.41. The van der Waals surface area contributed by atoms with Gasteiger partial charge in [0.05, 0.1) is 10.5 Å². The number of sulfone groups is 1. The minimum absolute atomic E-state index is 0.274. The second-order valence-corrected chi connectivity index (χ2v) is 6.97. The molecule has 1 aliphatic heterocycles. The van der Waals surface area contributed by atoms with E-state index < -0.39 is 61.2 Å². The Morgan fingerprint density at radius 2 is 1.75 bits per heavy atom. The highest BCUT2D eigenvalue weighted by atomic mass is 32.2. The van der Waals surface area contributed by atoms with Gasteiger partial charge in [0.15, 0.2) is 27.3 Å². The van der Waals surface area contributed by atoms with Crippen molar-refractivity contribution in [1.82, 2.24) is 0 Å². The van der Waals surface area contributed by atoms with Gasteiger partial charge in [-0.25, -0.2) is 26.0 Å². The quantitative estimate of drug-likeness (QED) is 0.784. The van der Waals surface area contributed by atoms with Gasteiger partial charge < -0.3 is 4.74 Å². The van der Waals surface area contributed by atoms with Crippen molar-refractivity contribution in [2.75, 3.05) is 5.75 Å². The molecule has 0 N–H and O–H groups in total.